The zero-order chi connectivity index (χ0) is 15.7. The summed E-state index contributed by atoms with van der Waals surface area (Å²) in [5, 5.41) is 9.93. The predicted molar refractivity (Wildman–Crippen MR) is 81.3 cm³/mol. The molecule has 0 saturated carbocycles. The van der Waals surface area contributed by atoms with Crippen LogP contribution in [0.4, 0.5) is 0 Å². The van der Waals surface area contributed by atoms with Gasteiger partial charge in [-0.25, -0.2) is 9.78 Å². The van der Waals surface area contributed by atoms with Crippen molar-refractivity contribution in [1.82, 2.24) is 4.98 Å². The summed E-state index contributed by atoms with van der Waals surface area (Å²) >= 11 is 6.20. The van der Waals surface area contributed by atoms with Crippen molar-refractivity contribution in [2.24, 2.45) is 0 Å². The number of nitriles is 1. The van der Waals surface area contributed by atoms with Crippen molar-refractivity contribution in [1.29, 1.82) is 5.26 Å². The van der Waals surface area contributed by atoms with Gasteiger partial charge in [0.15, 0.2) is 5.75 Å². The van der Waals surface area contributed by atoms with Gasteiger partial charge in [-0.3, -0.25) is 0 Å². The van der Waals surface area contributed by atoms with E-state index in [1.807, 2.05) is 6.07 Å². The quantitative estimate of drug-likeness (QED) is 0.672. The first kappa shape index (κ1) is 14.1. The summed E-state index contributed by atoms with van der Waals surface area (Å²) in [6, 6.07) is 11.4. The minimum Gasteiger partial charge on any atom is -0.437 e. The normalized spacial score (nSPS) is 10.4. The molecular formula is C16H9ClN2O3. The Morgan fingerprint density at radius 3 is 2.91 bits per heavy atom. The summed E-state index contributed by atoms with van der Waals surface area (Å²) in [7, 11) is 0. The minimum absolute atomic E-state index is 0.232. The number of ether oxygens (including phenoxy) is 1. The van der Waals surface area contributed by atoms with Crippen LogP contribution in [0.2, 0.25) is 5.02 Å². The standard InChI is InChI=1S/C16H9ClN2O3/c1-9-5-16(20)22-13-7-14(12(17)6-11(9)13)21-15-4-2-3-10(8-18)19-15/h2-7H,1H3. The van der Waals surface area contributed by atoms with Gasteiger partial charge in [-0.1, -0.05) is 17.7 Å². The van der Waals surface area contributed by atoms with E-state index in [-0.39, 0.29) is 11.6 Å². The average Bonchev–Trinajstić information content (AvgIpc) is 2.49. The van der Waals surface area contributed by atoms with E-state index in [0.717, 1.165) is 10.9 Å². The zero-order valence-electron chi connectivity index (χ0n) is 11.5. The van der Waals surface area contributed by atoms with Gasteiger partial charge in [-0.05, 0) is 24.6 Å². The van der Waals surface area contributed by atoms with Crippen LogP contribution in [-0.2, 0) is 0 Å². The number of nitrogens with zero attached hydrogens (tertiary/aromatic N) is 2. The highest BCUT2D eigenvalue weighted by atomic mass is 35.5. The van der Waals surface area contributed by atoms with E-state index in [1.54, 1.807) is 31.2 Å². The number of aromatic nitrogens is 1. The summed E-state index contributed by atoms with van der Waals surface area (Å²) in [5.41, 5.74) is 0.935. The smallest absolute Gasteiger partial charge is 0.336 e. The molecule has 3 rings (SSSR count). The van der Waals surface area contributed by atoms with Crippen molar-refractivity contribution >= 4 is 22.6 Å². The second-order valence-electron chi connectivity index (χ2n) is 4.60. The maximum atomic E-state index is 11.5. The van der Waals surface area contributed by atoms with E-state index < -0.39 is 5.63 Å². The van der Waals surface area contributed by atoms with Gasteiger partial charge in [0.25, 0.3) is 0 Å². The molecule has 2 heterocycles. The number of halogens is 1. The molecule has 6 heteroatoms. The van der Waals surface area contributed by atoms with Crippen LogP contribution in [0, 0.1) is 18.3 Å². The van der Waals surface area contributed by atoms with Crippen LogP contribution < -0.4 is 10.4 Å². The third kappa shape index (κ3) is 2.65. The van der Waals surface area contributed by atoms with Gasteiger partial charge in [-0.15, -0.1) is 0 Å². The van der Waals surface area contributed by atoms with Gasteiger partial charge in [0.1, 0.15) is 17.3 Å². The Kier molecular flexibility index (Phi) is 3.53. The fourth-order valence-corrected chi connectivity index (χ4v) is 2.25. The molecular weight excluding hydrogens is 304 g/mol. The Bertz CT molecular complexity index is 973. The van der Waals surface area contributed by atoms with Crippen molar-refractivity contribution in [2.75, 3.05) is 0 Å². The number of aryl methyl sites for hydroxylation is 1. The van der Waals surface area contributed by atoms with Crippen LogP contribution in [0.1, 0.15) is 11.3 Å². The van der Waals surface area contributed by atoms with Gasteiger partial charge in [0.05, 0.1) is 5.02 Å². The monoisotopic (exact) mass is 312 g/mol. The molecule has 5 nitrogen and oxygen atoms in total. The van der Waals surface area contributed by atoms with E-state index >= 15 is 0 Å². The van der Waals surface area contributed by atoms with Crippen LogP contribution in [-0.4, -0.2) is 4.98 Å². The van der Waals surface area contributed by atoms with Crippen LogP contribution >= 0.6 is 11.6 Å². The third-order valence-electron chi connectivity index (χ3n) is 3.06. The second kappa shape index (κ2) is 5.51. The molecule has 108 valence electrons. The van der Waals surface area contributed by atoms with Crippen LogP contribution in [0.25, 0.3) is 11.0 Å². The lowest BCUT2D eigenvalue weighted by Gasteiger charge is -2.08. The van der Waals surface area contributed by atoms with Crippen molar-refractivity contribution in [2.45, 2.75) is 6.92 Å². The van der Waals surface area contributed by atoms with Crippen molar-refractivity contribution in [3.63, 3.8) is 0 Å². The molecule has 0 bridgehead atoms. The first-order valence-electron chi connectivity index (χ1n) is 6.36. The first-order valence-corrected chi connectivity index (χ1v) is 6.73. The minimum atomic E-state index is -0.442. The topological polar surface area (TPSA) is 76.1 Å². The third-order valence-corrected chi connectivity index (χ3v) is 3.35. The highest BCUT2D eigenvalue weighted by Gasteiger charge is 2.10. The van der Waals surface area contributed by atoms with Crippen LogP contribution in [0.3, 0.4) is 0 Å². The maximum absolute atomic E-state index is 11.5. The Hall–Kier alpha value is -2.84. The van der Waals surface area contributed by atoms with Gasteiger partial charge >= 0.3 is 5.63 Å². The molecule has 3 aromatic rings. The average molecular weight is 313 g/mol. The number of rotatable bonds is 2. The van der Waals surface area contributed by atoms with Gasteiger partial charge < -0.3 is 9.15 Å². The molecule has 0 aliphatic heterocycles. The fraction of sp³-hybridized carbons (Fsp3) is 0.0625. The Balaban J connectivity index is 2.09. The Labute approximate surface area is 130 Å². The molecule has 0 aliphatic carbocycles. The number of hydrogen-bond donors (Lipinski definition) is 0. The number of hydrogen-bond acceptors (Lipinski definition) is 5. The summed E-state index contributed by atoms with van der Waals surface area (Å²) in [5.74, 6) is 0.529. The number of fused-ring (bicyclic) bond motifs is 1. The van der Waals surface area contributed by atoms with Crippen LogP contribution in [0.15, 0.2) is 45.6 Å². The lowest BCUT2D eigenvalue weighted by atomic mass is 10.1. The largest absolute Gasteiger partial charge is 0.437 e. The van der Waals surface area contributed by atoms with Crippen molar-refractivity contribution in [3.8, 4) is 17.7 Å². The van der Waals surface area contributed by atoms with E-state index in [4.69, 9.17) is 26.0 Å². The lowest BCUT2D eigenvalue weighted by molar-refractivity contribution is 0.461. The predicted octanol–water partition coefficient (Wildman–Crippen LogP) is 3.81. The fourth-order valence-electron chi connectivity index (χ4n) is 2.04. The van der Waals surface area contributed by atoms with Crippen molar-refractivity contribution in [3.05, 3.63) is 63.1 Å². The van der Waals surface area contributed by atoms with E-state index in [9.17, 15) is 4.79 Å². The SMILES string of the molecule is Cc1cc(=O)oc2cc(Oc3cccc(C#N)n3)c(Cl)cc12. The van der Waals surface area contributed by atoms with Crippen molar-refractivity contribution < 1.29 is 9.15 Å². The summed E-state index contributed by atoms with van der Waals surface area (Å²) < 4.78 is 10.7. The number of benzene rings is 1. The molecule has 0 spiro atoms. The molecule has 1 aromatic carbocycles. The summed E-state index contributed by atoms with van der Waals surface area (Å²) in [6.45, 7) is 1.80. The van der Waals surface area contributed by atoms with E-state index in [0.29, 0.717) is 16.4 Å². The Morgan fingerprint density at radius 2 is 2.14 bits per heavy atom. The molecule has 0 amide bonds. The molecule has 0 unspecified atom stereocenters. The van der Waals surface area contributed by atoms with Crippen LogP contribution in [0.5, 0.6) is 11.6 Å². The number of pyridine rings is 1. The second-order valence-corrected chi connectivity index (χ2v) is 5.01. The highest BCUT2D eigenvalue weighted by Crippen LogP contribution is 2.33. The molecule has 2 aromatic heterocycles. The summed E-state index contributed by atoms with van der Waals surface area (Å²) in [6.07, 6.45) is 0. The first-order chi connectivity index (χ1) is 10.6. The molecule has 0 saturated heterocycles. The van der Waals surface area contributed by atoms with E-state index in [2.05, 4.69) is 4.98 Å². The van der Waals surface area contributed by atoms with Gasteiger partial charge in [0, 0.05) is 23.6 Å². The molecule has 0 atom stereocenters. The van der Waals surface area contributed by atoms with Gasteiger partial charge in [-0.2, -0.15) is 5.26 Å². The van der Waals surface area contributed by atoms with E-state index in [1.165, 1.54) is 12.1 Å². The molecule has 0 fully saturated rings. The maximum Gasteiger partial charge on any atom is 0.336 e. The zero-order valence-corrected chi connectivity index (χ0v) is 12.2. The molecule has 0 aliphatic rings. The molecule has 22 heavy (non-hydrogen) atoms. The highest BCUT2D eigenvalue weighted by molar-refractivity contribution is 6.32. The lowest BCUT2D eigenvalue weighted by Crippen LogP contribution is -1.98. The Morgan fingerprint density at radius 1 is 1.32 bits per heavy atom. The van der Waals surface area contributed by atoms with Gasteiger partial charge in [0.2, 0.25) is 5.88 Å². The summed E-state index contributed by atoms with van der Waals surface area (Å²) in [4.78, 5) is 15.5. The molecule has 0 N–H and O–H groups in total. The molecule has 0 radical (unpaired) electrons.